The minimum absolute atomic E-state index is 0.0441. The molecule has 1 saturated heterocycles. The molecule has 2 aromatic heterocycles. The van der Waals surface area contributed by atoms with Crippen molar-refractivity contribution >= 4 is 22.6 Å². The zero-order valence-electron chi connectivity index (χ0n) is 22.7. The molecule has 1 saturated carbocycles. The first kappa shape index (κ1) is 25.8. The number of carbonyl (C=O) groups excluding carboxylic acids is 2. The normalized spacial score (nSPS) is 15.2. The van der Waals surface area contributed by atoms with Gasteiger partial charge in [-0.15, -0.1) is 0 Å². The molecule has 0 unspecified atom stereocenters. The van der Waals surface area contributed by atoms with Crippen LogP contribution in [0.1, 0.15) is 52.0 Å². The van der Waals surface area contributed by atoms with Gasteiger partial charge in [0, 0.05) is 61.5 Å². The SMILES string of the molecule is C=CC(=O)N1CC(c2cc3cc(C4CC4)ccc3c(=O)n2-c2cccc(-c3cc(C(=O)NC)n(C)c3)c2CO)C1. The lowest BCUT2D eigenvalue weighted by Gasteiger charge is -2.40. The maximum Gasteiger partial charge on any atom is 0.267 e. The number of fused-ring (bicyclic) bond motifs is 1. The zero-order valence-corrected chi connectivity index (χ0v) is 22.7. The number of amides is 2. The van der Waals surface area contributed by atoms with Crippen LogP contribution in [0.5, 0.6) is 0 Å². The third kappa shape index (κ3) is 4.25. The molecule has 4 aromatic rings. The number of benzene rings is 2. The van der Waals surface area contributed by atoms with Gasteiger partial charge in [0.1, 0.15) is 5.69 Å². The van der Waals surface area contributed by atoms with E-state index in [1.54, 1.807) is 34.2 Å². The minimum atomic E-state index is -0.300. The van der Waals surface area contributed by atoms with Gasteiger partial charge in [-0.05, 0) is 65.6 Å². The summed E-state index contributed by atoms with van der Waals surface area (Å²) in [5, 5.41) is 14.8. The lowest BCUT2D eigenvalue weighted by molar-refractivity contribution is -0.130. The number of aryl methyl sites for hydroxylation is 1. The van der Waals surface area contributed by atoms with E-state index < -0.39 is 0 Å². The summed E-state index contributed by atoms with van der Waals surface area (Å²) in [6.45, 7) is 4.27. The van der Waals surface area contributed by atoms with Crippen molar-refractivity contribution in [2.75, 3.05) is 20.1 Å². The minimum Gasteiger partial charge on any atom is -0.392 e. The summed E-state index contributed by atoms with van der Waals surface area (Å²) in [5.41, 5.74) is 5.08. The van der Waals surface area contributed by atoms with Crippen LogP contribution in [0.2, 0.25) is 0 Å². The molecule has 0 radical (unpaired) electrons. The number of hydrogen-bond acceptors (Lipinski definition) is 4. The maximum atomic E-state index is 14.2. The quantitative estimate of drug-likeness (QED) is 0.351. The van der Waals surface area contributed by atoms with Crippen LogP contribution in [0.25, 0.3) is 27.6 Å². The molecule has 40 heavy (non-hydrogen) atoms. The summed E-state index contributed by atoms with van der Waals surface area (Å²) in [5.74, 6) is 0.175. The molecule has 1 aliphatic carbocycles. The summed E-state index contributed by atoms with van der Waals surface area (Å²) < 4.78 is 3.45. The average Bonchev–Trinajstić information content (AvgIpc) is 3.72. The van der Waals surface area contributed by atoms with E-state index in [1.165, 1.54) is 24.5 Å². The van der Waals surface area contributed by atoms with Crippen LogP contribution in [0, 0.1) is 0 Å². The monoisotopic (exact) mass is 536 g/mol. The van der Waals surface area contributed by atoms with Crippen LogP contribution >= 0.6 is 0 Å². The van der Waals surface area contributed by atoms with Crippen LogP contribution in [0.3, 0.4) is 0 Å². The van der Waals surface area contributed by atoms with E-state index in [0.717, 1.165) is 22.2 Å². The Morgan fingerprint density at radius 1 is 1.10 bits per heavy atom. The molecule has 1 aliphatic heterocycles. The predicted octanol–water partition coefficient (Wildman–Crippen LogP) is 3.84. The number of rotatable bonds is 7. The molecule has 3 heterocycles. The Kier molecular flexibility index (Phi) is 6.43. The number of carbonyl (C=O) groups is 2. The van der Waals surface area contributed by atoms with Crippen molar-refractivity contribution in [3.05, 3.63) is 100 Å². The third-order valence-electron chi connectivity index (χ3n) is 8.23. The molecule has 2 fully saturated rings. The first-order valence-electron chi connectivity index (χ1n) is 13.6. The van der Waals surface area contributed by atoms with Crippen molar-refractivity contribution in [1.29, 1.82) is 0 Å². The van der Waals surface area contributed by atoms with Crippen LogP contribution in [0.4, 0.5) is 0 Å². The van der Waals surface area contributed by atoms with Crippen molar-refractivity contribution in [3.8, 4) is 16.8 Å². The summed E-state index contributed by atoms with van der Waals surface area (Å²) in [6, 6.07) is 15.5. The fourth-order valence-corrected chi connectivity index (χ4v) is 5.84. The molecule has 6 rings (SSSR count). The van der Waals surface area contributed by atoms with Crippen molar-refractivity contribution in [3.63, 3.8) is 0 Å². The van der Waals surface area contributed by atoms with Gasteiger partial charge in [-0.2, -0.15) is 0 Å². The Morgan fingerprint density at radius 3 is 2.55 bits per heavy atom. The Hall–Kier alpha value is -4.43. The average molecular weight is 537 g/mol. The van der Waals surface area contributed by atoms with Gasteiger partial charge in [0.25, 0.3) is 11.5 Å². The predicted molar refractivity (Wildman–Crippen MR) is 155 cm³/mol. The highest BCUT2D eigenvalue weighted by atomic mass is 16.3. The molecular formula is C32H32N4O4. The van der Waals surface area contributed by atoms with Crippen LogP contribution in [0.15, 0.2) is 72.2 Å². The van der Waals surface area contributed by atoms with E-state index in [0.29, 0.717) is 41.3 Å². The molecule has 2 N–H and O–H groups in total. The molecule has 8 nitrogen and oxygen atoms in total. The molecule has 0 spiro atoms. The second-order valence-electron chi connectivity index (χ2n) is 10.7. The van der Waals surface area contributed by atoms with Gasteiger partial charge in [-0.1, -0.05) is 30.8 Å². The maximum absolute atomic E-state index is 14.2. The number of aliphatic hydroxyl groups is 1. The Morgan fingerprint density at radius 2 is 1.88 bits per heavy atom. The van der Waals surface area contributed by atoms with Gasteiger partial charge in [-0.3, -0.25) is 19.0 Å². The number of hydrogen-bond donors (Lipinski definition) is 2. The van der Waals surface area contributed by atoms with E-state index in [-0.39, 0.29) is 29.9 Å². The van der Waals surface area contributed by atoms with E-state index in [4.69, 9.17) is 0 Å². The zero-order chi connectivity index (χ0) is 28.1. The third-order valence-corrected chi connectivity index (χ3v) is 8.23. The number of aromatic nitrogens is 2. The number of aliphatic hydroxyl groups excluding tert-OH is 1. The van der Waals surface area contributed by atoms with Gasteiger partial charge in [-0.25, -0.2) is 0 Å². The first-order valence-corrected chi connectivity index (χ1v) is 13.6. The molecular weight excluding hydrogens is 504 g/mol. The van der Waals surface area contributed by atoms with Crippen molar-refractivity contribution in [1.82, 2.24) is 19.4 Å². The van der Waals surface area contributed by atoms with Crippen molar-refractivity contribution in [2.24, 2.45) is 7.05 Å². The van der Waals surface area contributed by atoms with E-state index in [1.807, 2.05) is 36.5 Å². The first-order chi connectivity index (χ1) is 19.3. The molecule has 0 bridgehead atoms. The lowest BCUT2D eigenvalue weighted by atomic mass is 9.92. The highest BCUT2D eigenvalue weighted by Crippen LogP contribution is 2.41. The van der Waals surface area contributed by atoms with Gasteiger partial charge < -0.3 is 19.9 Å². The van der Waals surface area contributed by atoms with E-state index in [9.17, 15) is 19.5 Å². The van der Waals surface area contributed by atoms with Crippen LogP contribution in [-0.4, -0.2) is 51.1 Å². The summed E-state index contributed by atoms with van der Waals surface area (Å²) in [6.07, 6.45) is 5.50. The standard InChI is InChI=1S/C32H32N4O4/c1-4-30(38)35-16-23(17-35)28-13-21-12-20(19-8-9-19)10-11-25(21)32(40)36(28)27-7-5-6-24(26(27)18-37)22-14-29(31(39)33-2)34(3)15-22/h4-7,10-15,19,23,37H,1,8-9,16-18H2,2-3H3,(H,33,39). The van der Waals surface area contributed by atoms with Gasteiger partial charge >= 0.3 is 0 Å². The highest BCUT2D eigenvalue weighted by Gasteiger charge is 2.34. The molecule has 8 heteroatoms. The Bertz CT molecular complexity index is 1740. The molecule has 2 amide bonds. The second kappa shape index (κ2) is 9.95. The Balaban J connectivity index is 1.54. The van der Waals surface area contributed by atoms with Gasteiger partial charge in [0.05, 0.1) is 12.3 Å². The van der Waals surface area contributed by atoms with Gasteiger partial charge in [0.2, 0.25) is 5.91 Å². The summed E-state index contributed by atoms with van der Waals surface area (Å²) >= 11 is 0. The number of pyridine rings is 1. The Labute approximate surface area is 232 Å². The molecule has 2 aromatic carbocycles. The van der Waals surface area contributed by atoms with Crippen LogP contribution < -0.4 is 10.9 Å². The van der Waals surface area contributed by atoms with Crippen molar-refractivity contribution in [2.45, 2.75) is 31.3 Å². The highest BCUT2D eigenvalue weighted by molar-refractivity contribution is 5.94. The van der Waals surface area contributed by atoms with E-state index in [2.05, 4.69) is 24.0 Å². The molecule has 204 valence electrons. The molecule has 0 atom stereocenters. The number of nitrogens with one attached hydrogen (secondary N) is 1. The van der Waals surface area contributed by atoms with Crippen molar-refractivity contribution < 1.29 is 14.7 Å². The number of likely N-dealkylation sites (tertiary alicyclic amines) is 1. The fraction of sp³-hybridized carbons (Fsp3) is 0.281. The summed E-state index contributed by atoms with van der Waals surface area (Å²) in [7, 11) is 3.38. The van der Waals surface area contributed by atoms with Crippen LogP contribution in [-0.2, 0) is 18.4 Å². The van der Waals surface area contributed by atoms with E-state index >= 15 is 0 Å². The summed E-state index contributed by atoms with van der Waals surface area (Å²) in [4.78, 5) is 40.5. The topological polar surface area (TPSA) is 96.6 Å². The number of nitrogens with zero attached hydrogens (tertiary/aromatic N) is 3. The molecule has 2 aliphatic rings. The fourth-order valence-electron chi connectivity index (χ4n) is 5.84. The lowest BCUT2D eigenvalue weighted by Crippen LogP contribution is -2.49. The second-order valence-corrected chi connectivity index (χ2v) is 10.7. The smallest absolute Gasteiger partial charge is 0.267 e. The van der Waals surface area contributed by atoms with Gasteiger partial charge in [0.15, 0.2) is 0 Å². The largest absolute Gasteiger partial charge is 0.392 e.